The quantitative estimate of drug-likeness (QED) is 0.803. The molecule has 0 atom stereocenters. The van der Waals surface area contributed by atoms with Crippen LogP contribution < -0.4 is 4.90 Å². The van der Waals surface area contributed by atoms with E-state index in [0.717, 1.165) is 5.69 Å². The summed E-state index contributed by atoms with van der Waals surface area (Å²) in [6.45, 7) is 4.12. The molecule has 1 heterocycles. The summed E-state index contributed by atoms with van der Waals surface area (Å²) in [7, 11) is 3.30. The van der Waals surface area contributed by atoms with Gasteiger partial charge in [0.15, 0.2) is 0 Å². The first-order chi connectivity index (χ1) is 9.51. The fourth-order valence-corrected chi connectivity index (χ4v) is 2.12. The highest BCUT2D eigenvalue weighted by atomic mass is 16.5. The van der Waals surface area contributed by atoms with E-state index in [1.165, 1.54) is 18.2 Å². The average molecular weight is 270 g/mol. The summed E-state index contributed by atoms with van der Waals surface area (Å²) in [6, 6.07) is 9.66. The number of esters is 1. The number of carbonyl (C=O) groups is 1. The van der Waals surface area contributed by atoms with Crippen LogP contribution in [-0.2, 0) is 4.74 Å². The van der Waals surface area contributed by atoms with E-state index in [-0.39, 0.29) is 5.97 Å². The molecule has 0 aliphatic rings. The second-order valence-electron chi connectivity index (χ2n) is 4.80. The molecule has 0 unspecified atom stereocenters. The molecule has 104 valence electrons. The molecule has 2 aromatic rings. The van der Waals surface area contributed by atoms with E-state index in [2.05, 4.69) is 37.0 Å². The molecular weight excluding hydrogens is 252 g/mol. The fourth-order valence-electron chi connectivity index (χ4n) is 2.12. The van der Waals surface area contributed by atoms with E-state index < -0.39 is 0 Å². The van der Waals surface area contributed by atoms with Gasteiger partial charge in [0.1, 0.15) is 5.82 Å². The average Bonchev–Trinajstić information content (AvgIpc) is 2.44. The van der Waals surface area contributed by atoms with Crippen LogP contribution in [0, 0.1) is 13.8 Å². The van der Waals surface area contributed by atoms with Crippen LogP contribution in [0.4, 0.5) is 11.5 Å². The lowest BCUT2D eigenvalue weighted by Crippen LogP contribution is -2.13. The zero-order valence-electron chi connectivity index (χ0n) is 12.2. The number of pyridine rings is 1. The minimum atomic E-state index is -0.359. The molecule has 1 aromatic heterocycles. The Bertz CT molecular complexity index is 618. The molecular formula is C16H18N2O2. The Morgan fingerprint density at radius 3 is 2.40 bits per heavy atom. The van der Waals surface area contributed by atoms with Gasteiger partial charge in [-0.05, 0) is 49.2 Å². The van der Waals surface area contributed by atoms with Gasteiger partial charge in [0.25, 0.3) is 0 Å². The van der Waals surface area contributed by atoms with Crippen molar-refractivity contribution < 1.29 is 9.53 Å². The van der Waals surface area contributed by atoms with Crippen molar-refractivity contribution in [2.24, 2.45) is 0 Å². The van der Waals surface area contributed by atoms with E-state index in [9.17, 15) is 4.79 Å². The Morgan fingerprint density at radius 2 is 1.80 bits per heavy atom. The monoisotopic (exact) mass is 270 g/mol. The zero-order chi connectivity index (χ0) is 14.7. The number of hydrogen-bond donors (Lipinski definition) is 0. The van der Waals surface area contributed by atoms with E-state index in [0.29, 0.717) is 11.4 Å². The molecule has 0 saturated heterocycles. The minimum Gasteiger partial charge on any atom is -0.465 e. The third kappa shape index (κ3) is 2.96. The molecule has 0 amide bonds. The van der Waals surface area contributed by atoms with Gasteiger partial charge in [-0.2, -0.15) is 0 Å². The van der Waals surface area contributed by atoms with Crippen molar-refractivity contribution in [3.8, 4) is 0 Å². The smallest absolute Gasteiger partial charge is 0.338 e. The second kappa shape index (κ2) is 5.74. The zero-order valence-corrected chi connectivity index (χ0v) is 12.2. The van der Waals surface area contributed by atoms with Crippen molar-refractivity contribution in [3.05, 3.63) is 53.2 Å². The summed E-state index contributed by atoms with van der Waals surface area (Å²) < 4.78 is 4.73. The molecule has 0 saturated carbocycles. The van der Waals surface area contributed by atoms with Crippen molar-refractivity contribution in [1.29, 1.82) is 0 Å². The minimum absolute atomic E-state index is 0.359. The van der Waals surface area contributed by atoms with Crippen LogP contribution in [0.5, 0.6) is 0 Å². The summed E-state index contributed by atoms with van der Waals surface area (Å²) in [5.74, 6) is 0.348. The number of hydrogen-bond acceptors (Lipinski definition) is 4. The summed E-state index contributed by atoms with van der Waals surface area (Å²) in [6.07, 6.45) is 1.61. The first-order valence-electron chi connectivity index (χ1n) is 6.37. The number of rotatable bonds is 3. The molecule has 2 rings (SSSR count). The highest BCUT2D eigenvalue weighted by Crippen LogP contribution is 2.24. The predicted octanol–water partition coefficient (Wildman–Crippen LogP) is 3.25. The third-order valence-corrected chi connectivity index (χ3v) is 3.10. The van der Waals surface area contributed by atoms with Gasteiger partial charge in [-0.1, -0.05) is 6.07 Å². The van der Waals surface area contributed by atoms with Crippen molar-refractivity contribution in [2.75, 3.05) is 19.1 Å². The molecule has 4 heteroatoms. The number of nitrogens with zero attached hydrogens (tertiary/aromatic N) is 2. The largest absolute Gasteiger partial charge is 0.465 e. The normalized spacial score (nSPS) is 10.2. The molecule has 0 bridgehead atoms. The van der Waals surface area contributed by atoms with Crippen molar-refractivity contribution in [2.45, 2.75) is 13.8 Å². The van der Waals surface area contributed by atoms with Gasteiger partial charge in [-0.25, -0.2) is 9.78 Å². The highest BCUT2D eigenvalue weighted by Gasteiger charge is 2.11. The van der Waals surface area contributed by atoms with Gasteiger partial charge < -0.3 is 9.64 Å². The maximum Gasteiger partial charge on any atom is 0.338 e. The van der Waals surface area contributed by atoms with Gasteiger partial charge in [0.2, 0.25) is 0 Å². The number of anilines is 2. The van der Waals surface area contributed by atoms with Crippen LogP contribution >= 0.6 is 0 Å². The van der Waals surface area contributed by atoms with Crippen molar-refractivity contribution in [1.82, 2.24) is 4.98 Å². The standard InChI is InChI=1S/C16H18N2O2/c1-11-7-12(2)9-14(8-11)18(3)15-10-13(5-6-17-15)16(19)20-4/h5-10H,1-4H3. The van der Waals surface area contributed by atoms with Gasteiger partial charge >= 0.3 is 5.97 Å². The molecule has 0 spiro atoms. The van der Waals surface area contributed by atoms with Crippen molar-refractivity contribution >= 4 is 17.5 Å². The van der Waals surface area contributed by atoms with Crippen LogP contribution in [0.3, 0.4) is 0 Å². The number of benzene rings is 1. The second-order valence-corrected chi connectivity index (χ2v) is 4.80. The maximum absolute atomic E-state index is 11.6. The lowest BCUT2D eigenvalue weighted by atomic mass is 10.1. The number of ether oxygens (including phenoxy) is 1. The van der Waals surface area contributed by atoms with E-state index in [1.807, 2.05) is 11.9 Å². The highest BCUT2D eigenvalue weighted by molar-refractivity contribution is 5.90. The molecule has 0 aliphatic carbocycles. The van der Waals surface area contributed by atoms with Crippen LogP contribution in [0.15, 0.2) is 36.5 Å². The molecule has 4 nitrogen and oxygen atoms in total. The van der Waals surface area contributed by atoms with E-state index in [4.69, 9.17) is 4.74 Å². The number of carbonyl (C=O) groups excluding carboxylic acids is 1. The lowest BCUT2D eigenvalue weighted by Gasteiger charge is -2.20. The van der Waals surface area contributed by atoms with Gasteiger partial charge in [-0.3, -0.25) is 0 Å². The van der Waals surface area contributed by atoms with E-state index >= 15 is 0 Å². The predicted molar refractivity (Wildman–Crippen MR) is 79.6 cm³/mol. The van der Waals surface area contributed by atoms with Crippen molar-refractivity contribution in [3.63, 3.8) is 0 Å². The van der Waals surface area contributed by atoms with Crippen LogP contribution in [-0.4, -0.2) is 25.1 Å². The van der Waals surface area contributed by atoms with Gasteiger partial charge in [0.05, 0.1) is 12.7 Å². The number of aromatic nitrogens is 1. The topological polar surface area (TPSA) is 42.4 Å². The number of methoxy groups -OCH3 is 1. The van der Waals surface area contributed by atoms with Crippen LogP contribution in [0.2, 0.25) is 0 Å². The first kappa shape index (κ1) is 14.1. The fraction of sp³-hybridized carbons (Fsp3) is 0.250. The Balaban J connectivity index is 2.37. The SMILES string of the molecule is COC(=O)c1ccnc(N(C)c2cc(C)cc(C)c2)c1. The number of aryl methyl sites for hydroxylation is 2. The molecule has 0 radical (unpaired) electrons. The van der Waals surface area contributed by atoms with Gasteiger partial charge in [-0.15, -0.1) is 0 Å². The summed E-state index contributed by atoms with van der Waals surface area (Å²) in [5, 5.41) is 0. The Morgan fingerprint density at radius 1 is 1.15 bits per heavy atom. The van der Waals surface area contributed by atoms with E-state index in [1.54, 1.807) is 18.3 Å². The summed E-state index contributed by atoms with van der Waals surface area (Å²) >= 11 is 0. The first-order valence-corrected chi connectivity index (χ1v) is 6.37. The maximum atomic E-state index is 11.6. The summed E-state index contributed by atoms with van der Waals surface area (Å²) in [4.78, 5) is 17.8. The van der Waals surface area contributed by atoms with Crippen LogP contribution in [0.25, 0.3) is 0 Å². The Kier molecular flexibility index (Phi) is 4.03. The third-order valence-electron chi connectivity index (χ3n) is 3.10. The Hall–Kier alpha value is -2.36. The Labute approximate surface area is 119 Å². The molecule has 0 fully saturated rings. The molecule has 20 heavy (non-hydrogen) atoms. The van der Waals surface area contributed by atoms with Gasteiger partial charge in [0, 0.05) is 18.9 Å². The summed E-state index contributed by atoms with van der Waals surface area (Å²) in [5.41, 5.74) is 3.91. The lowest BCUT2D eigenvalue weighted by molar-refractivity contribution is 0.0600. The molecule has 0 N–H and O–H groups in total. The molecule has 0 aliphatic heterocycles. The molecule has 1 aromatic carbocycles. The van der Waals surface area contributed by atoms with Crippen LogP contribution in [0.1, 0.15) is 21.5 Å².